The number of carbonyl (C=O) groups excluding carboxylic acids is 5. The van der Waals surface area contributed by atoms with Gasteiger partial charge < -0.3 is 40.2 Å². The van der Waals surface area contributed by atoms with Gasteiger partial charge in [0.05, 0.1) is 18.7 Å². The number of ether oxygens (including phenoxy) is 2. The molecule has 2 bridgehead atoms. The van der Waals surface area contributed by atoms with Crippen molar-refractivity contribution in [3.8, 4) is 11.5 Å². The average Bonchev–Trinajstić information content (AvgIpc) is 3.42. The van der Waals surface area contributed by atoms with E-state index in [1.165, 1.54) is 6.92 Å². The molecule has 5 amide bonds. The van der Waals surface area contributed by atoms with Crippen molar-refractivity contribution >= 4 is 29.5 Å². The van der Waals surface area contributed by atoms with Crippen molar-refractivity contribution in [1.82, 2.24) is 31.3 Å². The molecule has 1 aromatic heterocycles. The van der Waals surface area contributed by atoms with E-state index in [9.17, 15) is 24.0 Å². The minimum absolute atomic E-state index is 0.121. The number of carbonyl (C=O) groups is 5. The summed E-state index contributed by atoms with van der Waals surface area (Å²) in [4.78, 5) is 68.7. The molecule has 1 fully saturated rings. The third-order valence-corrected chi connectivity index (χ3v) is 9.06. The van der Waals surface area contributed by atoms with Crippen molar-refractivity contribution in [2.45, 2.75) is 77.1 Å². The van der Waals surface area contributed by atoms with E-state index in [2.05, 4.69) is 26.4 Å². The van der Waals surface area contributed by atoms with Crippen molar-refractivity contribution in [3.05, 3.63) is 77.2 Å². The predicted molar refractivity (Wildman–Crippen MR) is 181 cm³/mol. The lowest BCUT2D eigenvalue weighted by molar-refractivity contribution is -0.147. The van der Waals surface area contributed by atoms with E-state index in [1.807, 2.05) is 30.3 Å². The maximum absolute atomic E-state index is 14.1. The van der Waals surface area contributed by atoms with Crippen LogP contribution < -0.4 is 30.7 Å². The standard InChI is InChI=1S/C36H44N6O8/c1-22-29(25(4)50-41-22)21-31(43)42-17-14-36(15-18-42)35(47)39-24(3)33(45)40-30(20-26-8-6-5-7-9-26)34(46)38-23(2)32(44)37-16-19-48-27-10-12-28(49-36)13-11-27/h5-13,23-24,30H,14-21H2,1-4H3,(H,37,44)(H,38,46)(H,39,47)(H,40,45)/t23-,24-,30-/m0/s1. The lowest BCUT2D eigenvalue weighted by Gasteiger charge is -2.41. The van der Waals surface area contributed by atoms with Gasteiger partial charge in [-0.15, -0.1) is 0 Å². The van der Waals surface area contributed by atoms with Crippen molar-refractivity contribution < 1.29 is 38.0 Å². The second-order valence-electron chi connectivity index (χ2n) is 12.7. The van der Waals surface area contributed by atoms with Gasteiger partial charge in [0.1, 0.15) is 42.0 Å². The number of hydrogen-bond acceptors (Lipinski definition) is 9. The molecule has 0 saturated carbocycles. The van der Waals surface area contributed by atoms with Gasteiger partial charge in [-0.1, -0.05) is 35.5 Å². The number of nitrogens with one attached hydrogen (secondary N) is 4. The highest BCUT2D eigenvalue weighted by Gasteiger charge is 2.46. The molecule has 0 aliphatic carbocycles. The molecule has 50 heavy (non-hydrogen) atoms. The Labute approximate surface area is 290 Å². The molecule has 266 valence electrons. The number of aromatic nitrogens is 1. The van der Waals surface area contributed by atoms with Gasteiger partial charge in [-0.25, -0.2) is 0 Å². The van der Waals surface area contributed by atoms with Gasteiger partial charge in [0.25, 0.3) is 5.91 Å². The highest BCUT2D eigenvalue weighted by molar-refractivity contribution is 5.95. The number of hydrogen-bond donors (Lipinski definition) is 4. The lowest BCUT2D eigenvalue weighted by atomic mass is 9.89. The number of piperidine rings is 1. The first kappa shape index (κ1) is 35.9. The summed E-state index contributed by atoms with van der Waals surface area (Å²) in [5.74, 6) is -0.694. The van der Waals surface area contributed by atoms with Crippen molar-refractivity contribution in [2.75, 3.05) is 26.2 Å². The molecule has 4 heterocycles. The zero-order valence-corrected chi connectivity index (χ0v) is 28.7. The normalized spacial score (nSPS) is 22.0. The van der Waals surface area contributed by atoms with Crippen LogP contribution in [0.15, 0.2) is 59.1 Å². The predicted octanol–water partition coefficient (Wildman–Crippen LogP) is 1.52. The molecule has 0 radical (unpaired) electrons. The van der Waals surface area contributed by atoms with Crippen LogP contribution in [0.3, 0.4) is 0 Å². The summed E-state index contributed by atoms with van der Waals surface area (Å²) in [6.07, 6.45) is 0.604. The fourth-order valence-corrected chi connectivity index (χ4v) is 5.96. The third-order valence-electron chi connectivity index (χ3n) is 9.06. The first-order valence-electron chi connectivity index (χ1n) is 16.8. The Hall–Kier alpha value is -5.40. The number of nitrogens with zero attached hydrogens (tertiary/aromatic N) is 2. The van der Waals surface area contributed by atoms with Crippen molar-refractivity contribution in [3.63, 3.8) is 0 Å². The van der Waals surface area contributed by atoms with Crippen LogP contribution >= 0.6 is 0 Å². The van der Waals surface area contributed by atoms with Gasteiger partial charge in [-0.2, -0.15) is 0 Å². The maximum Gasteiger partial charge on any atom is 0.264 e. The highest BCUT2D eigenvalue weighted by Crippen LogP contribution is 2.31. The summed E-state index contributed by atoms with van der Waals surface area (Å²) >= 11 is 0. The summed E-state index contributed by atoms with van der Waals surface area (Å²) in [7, 11) is 0. The van der Waals surface area contributed by atoms with Crippen LogP contribution in [0, 0.1) is 13.8 Å². The number of benzene rings is 2. The van der Waals surface area contributed by atoms with Gasteiger partial charge in [0.15, 0.2) is 5.60 Å². The van der Waals surface area contributed by atoms with Gasteiger partial charge >= 0.3 is 0 Å². The number of rotatable bonds is 4. The van der Waals surface area contributed by atoms with Crippen LogP contribution in [0.2, 0.25) is 0 Å². The zero-order chi connectivity index (χ0) is 35.8. The summed E-state index contributed by atoms with van der Waals surface area (Å²) < 4.78 is 17.4. The maximum atomic E-state index is 14.1. The Balaban J connectivity index is 1.37. The summed E-state index contributed by atoms with van der Waals surface area (Å²) in [6.45, 7) is 7.46. The molecule has 14 heteroatoms. The Kier molecular flexibility index (Phi) is 11.4. The van der Waals surface area contributed by atoms with Crippen LogP contribution in [0.1, 0.15) is 49.3 Å². The van der Waals surface area contributed by atoms with E-state index in [0.717, 1.165) is 11.1 Å². The zero-order valence-electron chi connectivity index (χ0n) is 28.7. The summed E-state index contributed by atoms with van der Waals surface area (Å²) in [5, 5.41) is 14.9. The molecule has 3 aliphatic rings. The Morgan fingerprint density at radius 2 is 1.52 bits per heavy atom. The molecule has 1 saturated heterocycles. The minimum Gasteiger partial charge on any atom is -0.492 e. The molecule has 0 unspecified atom stereocenters. The average molecular weight is 689 g/mol. The fourth-order valence-electron chi connectivity index (χ4n) is 5.96. The second kappa shape index (κ2) is 15.9. The first-order chi connectivity index (χ1) is 23.9. The van der Waals surface area contributed by atoms with E-state index < -0.39 is 47.4 Å². The molecule has 3 aliphatic heterocycles. The van der Waals surface area contributed by atoms with Crippen molar-refractivity contribution in [1.29, 1.82) is 0 Å². The van der Waals surface area contributed by atoms with E-state index >= 15 is 0 Å². The Bertz CT molecular complexity index is 1660. The second-order valence-corrected chi connectivity index (χ2v) is 12.7. The molecular weight excluding hydrogens is 644 g/mol. The fraction of sp³-hybridized carbons (Fsp3) is 0.444. The van der Waals surface area contributed by atoms with Gasteiger partial charge in [-0.3, -0.25) is 24.0 Å². The topological polar surface area (TPSA) is 181 Å². The van der Waals surface area contributed by atoms with E-state index in [0.29, 0.717) is 23.0 Å². The largest absolute Gasteiger partial charge is 0.492 e. The number of fused-ring (bicyclic) bond motifs is 15. The lowest BCUT2D eigenvalue weighted by Crippen LogP contribution is -2.61. The quantitative estimate of drug-likeness (QED) is 0.296. The molecule has 3 aromatic rings. The third kappa shape index (κ3) is 8.79. The van der Waals surface area contributed by atoms with Crippen LogP contribution in [-0.2, 0) is 36.8 Å². The molecular formula is C36H44N6O8. The molecule has 1 spiro atoms. The molecule has 3 atom stereocenters. The van der Waals surface area contributed by atoms with Crippen LogP contribution in [-0.4, -0.2) is 89.6 Å². The number of aryl methyl sites for hydroxylation is 2. The minimum atomic E-state index is -1.40. The van der Waals surface area contributed by atoms with E-state index in [1.54, 1.807) is 49.9 Å². The highest BCUT2D eigenvalue weighted by atomic mass is 16.5. The smallest absolute Gasteiger partial charge is 0.264 e. The van der Waals surface area contributed by atoms with Gasteiger partial charge in [-0.05, 0) is 57.5 Å². The summed E-state index contributed by atoms with van der Waals surface area (Å²) in [6, 6.07) is 12.9. The molecule has 4 N–H and O–H groups in total. The molecule has 14 nitrogen and oxygen atoms in total. The van der Waals surface area contributed by atoms with Crippen LogP contribution in [0.25, 0.3) is 0 Å². The number of amides is 5. The first-order valence-corrected chi connectivity index (χ1v) is 16.8. The van der Waals surface area contributed by atoms with E-state index in [-0.39, 0.29) is 57.8 Å². The van der Waals surface area contributed by atoms with Crippen molar-refractivity contribution in [2.24, 2.45) is 0 Å². The van der Waals surface area contributed by atoms with Crippen LogP contribution in [0.4, 0.5) is 0 Å². The monoisotopic (exact) mass is 688 g/mol. The van der Waals surface area contributed by atoms with Crippen LogP contribution in [0.5, 0.6) is 11.5 Å². The SMILES string of the molecule is Cc1noc(C)c1CC(=O)N1CCC2(CC1)Oc1ccc(cc1)OCCNC(=O)[C@H](C)NC(=O)[C@H](Cc1ccccc1)NC(=O)[C@H](C)NC2=O. The van der Waals surface area contributed by atoms with Gasteiger partial charge in [0.2, 0.25) is 23.6 Å². The van der Waals surface area contributed by atoms with E-state index in [4.69, 9.17) is 14.0 Å². The van der Waals surface area contributed by atoms with Gasteiger partial charge in [0, 0.05) is 37.9 Å². The molecule has 2 aromatic carbocycles. The summed E-state index contributed by atoms with van der Waals surface area (Å²) in [5.41, 5.74) is 0.787. The Morgan fingerprint density at radius 3 is 2.18 bits per heavy atom. The number of likely N-dealkylation sites (tertiary alicyclic amines) is 1. The Morgan fingerprint density at radius 1 is 0.860 bits per heavy atom. The molecule has 6 rings (SSSR count).